The van der Waals surface area contributed by atoms with Crippen molar-refractivity contribution in [2.24, 2.45) is 5.41 Å². The van der Waals surface area contributed by atoms with Crippen LogP contribution in [0.5, 0.6) is 0 Å². The van der Waals surface area contributed by atoms with Crippen molar-refractivity contribution in [1.82, 2.24) is 9.55 Å². The predicted octanol–water partition coefficient (Wildman–Crippen LogP) is 2.39. The quantitative estimate of drug-likeness (QED) is 0.750. The molecule has 0 aliphatic carbocycles. The number of rotatable bonds is 2. The lowest BCUT2D eigenvalue weighted by Crippen LogP contribution is -2.26. The lowest BCUT2D eigenvalue weighted by molar-refractivity contribution is -0.127. The highest BCUT2D eigenvalue weighted by Gasteiger charge is 2.28. The van der Waals surface area contributed by atoms with E-state index in [1.165, 1.54) is 0 Å². The molecule has 0 radical (unpaired) electrons. The van der Waals surface area contributed by atoms with Crippen LogP contribution >= 0.6 is 15.9 Å². The number of halogens is 1. The van der Waals surface area contributed by atoms with Crippen LogP contribution in [0.25, 0.3) is 0 Å². The van der Waals surface area contributed by atoms with Crippen LogP contribution in [0.2, 0.25) is 0 Å². The van der Waals surface area contributed by atoms with Crippen LogP contribution in [-0.2, 0) is 4.79 Å². The topological polar surface area (TPSA) is 34.9 Å². The van der Waals surface area contributed by atoms with Crippen LogP contribution in [0.3, 0.4) is 0 Å². The maximum Gasteiger partial charge on any atom is 0.171 e. The van der Waals surface area contributed by atoms with Gasteiger partial charge in [0.1, 0.15) is 4.95 Å². The minimum absolute atomic E-state index is 0.144. The fraction of sp³-hybridized carbons (Fsp3) is 0.556. The van der Waals surface area contributed by atoms with Gasteiger partial charge in [0.05, 0.1) is 6.33 Å². The number of alkyl halides is 1. The molecule has 1 aromatic heterocycles. The van der Waals surface area contributed by atoms with Crippen LogP contribution < -0.4 is 0 Å². The first-order chi connectivity index (χ1) is 5.93. The Morgan fingerprint density at radius 2 is 2.15 bits per heavy atom. The van der Waals surface area contributed by atoms with E-state index in [1.54, 1.807) is 23.3 Å². The van der Waals surface area contributed by atoms with E-state index in [-0.39, 0.29) is 16.1 Å². The van der Waals surface area contributed by atoms with E-state index in [2.05, 4.69) is 20.9 Å². The van der Waals surface area contributed by atoms with Gasteiger partial charge in [0.15, 0.2) is 5.78 Å². The maximum atomic E-state index is 11.8. The Balaban J connectivity index is 2.81. The molecule has 1 heterocycles. The first kappa shape index (κ1) is 10.4. The van der Waals surface area contributed by atoms with Gasteiger partial charge in [0, 0.05) is 17.8 Å². The Kier molecular flexibility index (Phi) is 2.91. The highest BCUT2D eigenvalue weighted by Crippen LogP contribution is 2.27. The number of aromatic nitrogens is 2. The van der Waals surface area contributed by atoms with Gasteiger partial charge in [-0.05, 0) is 0 Å². The van der Waals surface area contributed by atoms with Gasteiger partial charge < -0.3 is 4.57 Å². The molecule has 0 N–H and O–H groups in total. The molecule has 1 rings (SSSR count). The van der Waals surface area contributed by atoms with Gasteiger partial charge in [-0.1, -0.05) is 36.7 Å². The lowest BCUT2D eigenvalue weighted by Gasteiger charge is -2.21. The standard InChI is InChI=1S/C9H13BrN2O/c1-9(2,3)7(13)8(10)12-5-4-11-6-12/h4-6,8H,1-3H3. The summed E-state index contributed by atoms with van der Waals surface area (Å²) in [6.45, 7) is 5.71. The zero-order valence-corrected chi connectivity index (χ0v) is 9.58. The highest BCUT2D eigenvalue weighted by atomic mass is 79.9. The van der Waals surface area contributed by atoms with Gasteiger partial charge in [0.2, 0.25) is 0 Å². The van der Waals surface area contributed by atoms with Crippen molar-refractivity contribution in [1.29, 1.82) is 0 Å². The second-order valence-electron chi connectivity index (χ2n) is 3.96. The molecule has 0 aromatic carbocycles. The molecule has 0 amide bonds. The third-order valence-electron chi connectivity index (χ3n) is 1.74. The molecule has 0 bridgehead atoms. The number of carbonyl (C=O) groups is 1. The molecule has 0 saturated heterocycles. The number of imidazole rings is 1. The third-order valence-corrected chi connectivity index (χ3v) is 2.63. The molecule has 0 saturated carbocycles. The van der Waals surface area contributed by atoms with Crippen molar-refractivity contribution in [3.63, 3.8) is 0 Å². The van der Waals surface area contributed by atoms with Crippen LogP contribution in [0.1, 0.15) is 25.7 Å². The summed E-state index contributed by atoms with van der Waals surface area (Å²) >= 11 is 3.34. The zero-order valence-electron chi connectivity index (χ0n) is 7.99. The fourth-order valence-electron chi connectivity index (χ4n) is 0.896. The van der Waals surface area contributed by atoms with Crippen molar-refractivity contribution in [3.8, 4) is 0 Å². The molecule has 0 aliphatic rings. The van der Waals surface area contributed by atoms with Crippen molar-refractivity contribution in [2.45, 2.75) is 25.7 Å². The zero-order chi connectivity index (χ0) is 10.1. The van der Waals surface area contributed by atoms with E-state index < -0.39 is 0 Å². The van der Waals surface area contributed by atoms with E-state index in [0.29, 0.717) is 0 Å². The Labute approximate surface area is 86.3 Å². The molecule has 1 aromatic rings. The average molecular weight is 245 g/mol. The van der Waals surface area contributed by atoms with E-state index >= 15 is 0 Å². The Morgan fingerprint density at radius 1 is 1.54 bits per heavy atom. The lowest BCUT2D eigenvalue weighted by atomic mass is 9.91. The number of Topliss-reactive ketones (excluding diaryl/α,β-unsaturated/α-hetero) is 1. The minimum atomic E-state index is -0.335. The van der Waals surface area contributed by atoms with Gasteiger partial charge in [-0.3, -0.25) is 4.79 Å². The molecular formula is C9H13BrN2O. The number of hydrogen-bond acceptors (Lipinski definition) is 2. The van der Waals surface area contributed by atoms with Crippen LogP contribution in [-0.4, -0.2) is 15.3 Å². The largest absolute Gasteiger partial charge is 0.317 e. The molecule has 72 valence electrons. The maximum absolute atomic E-state index is 11.8. The molecule has 0 spiro atoms. The smallest absolute Gasteiger partial charge is 0.171 e. The third kappa shape index (κ3) is 2.40. The number of carbonyl (C=O) groups excluding carboxylic acids is 1. The van der Waals surface area contributed by atoms with Crippen molar-refractivity contribution in [3.05, 3.63) is 18.7 Å². The molecule has 4 heteroatoms. The van der Waals surface area contributed by atoms with E-state index in [4.69, 9.17) is 0 Å². The number of hydrogen-bond donors (Lipinski definition) is 0. The van der Waals surface area contributed by atoms with Gasteiger partial charge >= 0.3 is 0 Å². The van der Waals surface area contributed by atoms with Gasteiger partial charge in [-0.2, -0.15) is 0 Å². The molecule has 1 unspecified atom stereocenters. The second kappa shape index (κ2) is 3.62. The summed E-state index contributed by atoms with van der Waals surface area (Å²) < 4.78 is 1.74. The number of ketones is 1. The summed E-state index contributed by atoms with van der Waals surface area (Å²) in [4.78, 5) is 15.3. The SMILES string of the molecule is CC(C)(C)C(=O)C(Br)n1ccnc1. The first-order valence-electron chi connectivity index (χ1n) is 4.09. The molecule has 0 aliphatic heterocycles. The summed E-state index contributed by atoms with van der Waals surface area (Å²) in [6.07, 6.45) is 5.05. The monoisotopic (exact) mass is 244 g/mol. The van der Waals surface area contributed by atoms with E-state index in [9.17, 15) is 4.79 Å². The van der Waals surface area contributed by atoms with Gasteiger partial charge in [-0.15, -0.1) is 0 Å². The first-order valence-corrected chi connectivity index (χ1v) is 5.00. The van der Waals surface area contributed by atoms with Crippen molar-refractivity contribution < 1.29 is 4.79 Å². The summed E-state index contributed by atoms with van der Waals surface area (Å²) in [5.74, 6) is 0.144. The Hall–Kier alpha value is -0.640. The normalized spacial score (nSPS) is 14.2. The number of nitrogens with zero attached hydrogens (tertiary/aromatic N) is 2. The van der Waals surface area contributed by atoms with Crippen LogP contribution in [0.15, 0.2) is 18.7 Å². The van der Waals surface area contributed by atoms with E-state index in [0.717, 1.165) is 0 Å². The summed E-state index contributed by atoms with van der Waals surface area (Å²) in [7, 11) is 0. The Morgan fingerprint density at radius 3 is 2.54 bits per heavy atom. The van der Waals surface area contributed by atoms with Gasteiger partial charge in [-0.25, -0.2) is 4.98 Å². The van der Waals surface area contributed by atoms with Crippen LogP contribution in [0.4, 0.5) is 0 Å². The average Bonchev–Trinajstić information content (AvgIpc) is 2.51. The highest BCUT2D eigenvalue weighted by molar-refractivity contribution is 9.09. The van der Waals surface area contributed by atoms with Gasteiger partial charge in [0.25, 0.3) is 0 Å². The molecule has 1 atom stereocenters. The summed E-state index contributed by atoms with van der Waals surface area (Å²) in [6, 6.07) is 0. The Bertz CT molecular complexity index is 287. The molecular weight excluding hydrogens is 232 g/mol. The minimum Gasteiger partial charge on any atom is -0.317 e. The van der Waals surface area contributed by atoms with Crippen molar-refractivity contribution in [2.75, 3.05) is 0 Å². The predicted molar refractivity (Wildman–Crippen MR) is 54.7 cm³/mol. The van der Waals surface area contributed by atoms with Crippen molar-refractivity contribution >= 4 is 21.7 Å². The van der Waals surface area contributed by atoms with E-state index in [1.807, 2.05) is 20.8 Å². The second-order valence-corrected chi connectivity index (χ2v) is 4.83. The molecule has 3 nitrogen and oxygen atoms in total. The van der Waals surface area contributed by atoms with Crippen LogP contribution in [0, 0.1) is 5.41 Å². The summed E-state index contributed by atoms with van der Waals surface area (Å²) in [5, 5.41) is 0. The molecule has 0 fully saturated rings. The fourth-order valence-corrected chi connectivity index (χ4v) is 1.83. The summed E-state index contributed by atoms with van der Waals surface area (Å²) in [5.41, 5.74) is -0.335. The molecule has 13 heavy (non-hydrogen) atoms.